The van der Waals surface area contributed by atoms with Gasteiger partial charge in [-0.05, 0) is 42.3 Å². The van der Waals surface area contributed by atoms with E-state index in [0.29, 0.717) is 23.1 Å². The van der Waals surface area contributed by atoms with Crippen molar-refractivity contribution >= 4 is 32.8 Å². The number of ether oxygens (including phenoxy) is 1. The molecule has 2 aromatic carbocycles. The first-order valence-corrected chi connectivity index (χ1v) is 10.2. The van der Waals surface area contributed by atoms with Crippen LogP contribution in [-0.4, -0.2) is 35.7 Å². The Morgan fingerprint density at radius 1 is 1.17 bits per heavy atom. The minimum Gasteiger partial charge on any atom is -0.494 e. The second-order valence-corrected chi connectivity index (χ2v) is 7.77. The van der Waals surface area contributed by atoms with E-state index in [1.807, 2.05) is 31.2 Å². The van der Waals surface area contributed by atoms with E-state index in [4.69, 9.17) is 9.15 Å². The Kier molecular flexibility index (Phi) is 5.43. The van der Waals surface area contributed by atoms with Gasteiger partial charge in [0.2, 0.25) is 5.76 Å². The molecule has 1 amide bonds. The number of aliphatic hydroxyl groups is 1. The van der Waals surface area contributed by atoms with Crippen LogP contribution >= 0.6 is 15.9 Å². The number of hydrogen-bond acceptors (Lipinski definition) is 5. The predicted molar refractivity (Wildman–Crippen MR) is 112 cm³/mol. The Balaban J connectivity index is 1.87. The molecule has 7 heteroatoms. The summed E-state index contributed by atoms with van der Waals surface area (Å²) < 4.78 is 12.2. The van der Waals surface area contributed by atoms with E-state index in [0.717, 1.165) is 22.2 Å². The van der Waals surface area contributed by atoms with Crippen LogP contribution in [0.2, 0.25) is 0 Å². The molecule has 3 aromatic rings. The maximum atomic E-state index is 13.3. The molecule has 6 nitrogen and oxygen atoms in total. The van der Waals surface area contributed by atoms with Gasteiger partial charge in [-0.3, -0.25) is 9.59 Å². The molecule has 0 saturated heterocycles. The molecule has 0 spiro atoms. The summed E-state index contributed by atoms with van der Waals surface area (Å²) in [5.74, 6) is 0.366. The molecule has 0 radical (unpaired) electrons. The van der Waals surface area contributed by atoms with Crippen LogP contribution in [0.4, 0.5) is 0 Å². The first kappa shape index (κ1) is 19.7. The van der Waals surface area contributed by atoms with Gasteiger partial charge < -0.3 is 19.2 Å². The molecule has 0 fully saturated rings. The normalized spacial score (nSPS) is 15.8. The van der Waals surface area contributed by atoms with Gasteiger partial charge in [0.25, 0.3) is 5.91 Å². The fraction of sp³-hybridized carbons (Fsp3) is 0.273. The molecule has 0 bridgehead atoms. The van der Waals surface area contributed by atoms with E-state index in [2.05, 4.69) is 15.9 Å². The Hall–Kier alpha value is -2.64. The van der Waals surface area contributed by atoms with E-state index in [1.165, 1.54) is 4.90 Å². The standard InChI is InChI=1S/C22H20BrNO5/c1-2-11-28-15-6-3-13(4-7-15)19-18-20(26)16-12-14(23)5-8-17(16)29-21(18)22(27)24(19)9-10-25/h3-8,12,19,25H,2,9-11H2,1H3. The minimum atomic E-state index is -0.621. The summed E-state index contributed by atoms with van der Waals surface area (Å²) >= 11 is 3.38. The van der Waals surface area contributed by atoms with Crippen molar-refractivity contribution in [1.29, 1.82) is 0 Å². The number of aliphatic hydroxyl groups excluding tert-OH is 1. The summed E-state index contributed by atoms with van der Waals surface area (Å²) in [7, 11) is 0. The number of carbonyl (C=O) groups is 1. The number of rotatable bonds is 6. The van der Waals surface area contributed by atoms with Crippen molar-refractivity contribution in [3.8, 4) is 5.75 Å². The van der Waals surface area contributed by atoms with E-state index in [1.54, 1.807) is 18.2 Å². The third kappa shape index (κ3) is 3.45. The summed E-state index contributed by atoms with van der Waals surface area (Å²) in [6, 6.07) is 11.8. The first-order valence-electron chi connectivity index (χ1n) is 9.46. The average molecular weight is 458 g/mol. The number of carbonyl (C=O) groups excluding carboxylic acids is 1. The van der Waals surface area contributed by atoms with Crippen molar-refractivity contribution in [2.75, 3.05) is 19.8 Å². The molecule has 0 saturated carbocycles. The highest BCUT2D eigenvalue weighted by molar-refractivity contribution is 9.10. The summed E-state index contributed by atoms with van der Waals surface area (Å²) in [6.45, 7) is 2.53. The van der Waals surface area contributed by atoms with Crippen LogP contribution in [0.3, 0.4) is 0 Å². The fourth-order valence-corrected chi connectivity index (χ4v) is 4.00. The van der Waals surface area contributed by atoms with E-state index >= 15 is 0 Å². The second kappa shape index (κ2) is 8.00. The lowest BCUT2D eigenvalue weighted by Gasteiger charge is -2.24. The molecular weight excluding hydrogens is 438 g/mol. The minimum absolute atomic E-state index is 0.0366. The van der Waals surface area contributed by atoms with Gasteiger partial charge in [-0.25, -0.2) is 0 Å². The van der Waals surface area contributed by atoms with Gasteiger partial charge in [-0.2, -0.15) is 0 Å². The van der Waals surface area contributed by atoms with Gasteiger partial charge in [0.05, 0.1) is 30.2 Å². The highest BCUT2D eigenvalue weighted by atomic mass is 79.9. The molecule has 1 aromatic heterocycles. The maximum Gasteiger partial charge on any atom is 0.290 e. The van der Waals surface area contributed by atoms with Gasteiger partial charge in [0, 0.05) is 11.0 Å². The van der Waals surface area contributed by atoms with Crippen molar-refractivity contribution in [2.45, 2.75) is 19.4 Å². The number of nitrogens with zero attached hydrogens (tertiary/aromatic N) is 1. The van der Waals surface area contributed by atoms with Crippen LogP contribution in [-0.2, 0) is 0 Å². The van der Waals surface area contributed by atoms with E-state index in [-0.39, 0.29) is 24.3 Å². The van der Waals surface area contributed by atoms with Gasteiger partial charge in [0.15, 0.2) is 5.43 Å². The maximum absolute atomic E-state index is 13.3. The number of amides is 1. The molecule has 1 atom stereocenters. The lowest BCUT2D eigenvalue weighted by Crippen LogP contribution is -2.32. The number of benzene rings is 2. The fourth-order valence-electron chi connectivity index (χ4n) is 3.64. The van der Waals surface area contributed by atoms with Crippen molar-refractivity contribution in [1.82, 2.24) is 4.90 Å². The highest BCUT2D eigenvalue weighted by Gasteiger charge is 2.42. The zero-order valence-electron chi connectivity index (χ0n) is 15.9. The summed E-state index contributed by atoms with van der Waals surface area (Å²) in [5.41, 5.74) is 1.18. The summed E-state index contributed by atoms with van der Waals surface area (Å²) in [5, 5.41) is 9.90. The third-order valence-corrected chi connectivity index (χ3v) is 5.43. The largest absolute Gasteiger partial charge is 0.494 e. The van der Waals surface area contributed by atoms with Gasteiger partial charge in [-0.15, -0.1) is 0 Å². The molecule has 150 valence electrons. The Labute approximate surface area is 175 Å². The Bertz CT molecular complexity index is 1120. The first-order chi connectivity index (χ1) is 14.0. The number of fused-ring (bicyclic) bond motifs is 2. The zero-order valence-corrected chi connectivity index (χ0v) is 17.4. The molecule has 29 heavy (non-hydrogen) atoms. The molecule has 2 heterocycles. The van der Waals surface area contributed by atoms with Crippen LogP contribution in [0, 0.1) is 0 Å². The molecule has 1 N–H and O–H groups in total. The lowest BCUT2D eigenvalue weighted by molar-refractivity contribution is 0.0691. The van der Waals surface area contributed by atoms with Crippen LogP contribution in [0.1, 0.15) is 41.1 Å². The molecule has 1 aliphatic heterocycles. The number of β-amino-alcohol motifs (C(OH)–C–C–N with tert-alkyl or cyclic N) is 1. The predicted octanol–water partition coefficient (Wildman–Crippen LogP) is 3.88. The van der Waals surface area contributed by atoms with E-state index < -0.39 is 11.9 Å². The van der Waals surface area contributed by atoms with E-state index in [9.17, 15) is 14.7 Å². The topological polar surface area (TPSA) is 80.0 Å². The Morgan fingerprint density at radius 3 is 2.62 bits per heavy atom. The lowest BCUT2D eigenvalue weighted by atomic mass is 9.98. The molecule has 1 unspecified atom stereocenters. The number of halogens is 1. The van der Waals surface area contributed by atoms with Gasteiger partial charge in [0.1, 0.15) is 11.3 Å². The van der Waals surface area contributed by atoms with Crippen molar-refractivity contribution in [3.63, 3.8) is 0 Å². The second-order valence-electron chi connectivity index (χ2n) is 6.86. The average Bonchev–Trinajstić information content (AvgIpc) is 3.00. The summed E-state index contributed by atoms with van der Waals surface area (Å²) in [4.78, 5) is 27.8. The van der Waals surface area contributed by atoms with Crippen molar-refractivity contribution in [3.05, 3.63) is 74.0 Å². The molecular formula is C22H20BrNO5. The van der Waals surface area contributed by atoms with Crippen molar-refractivity contribution in [2.24, 2.45) is 0 Å². The van der Waals surface area contributed by atoms with Crippen LogP contribution in [0.25, 0.3) is 11.0 Å². The highest BCUT2D eigenvalue weighted by Crippen LogP contribution is 2.38. The zero-order chi connectivity index (χ0) is 20.5. The molecule has 1 aliphatic rings. The summed E-state index contributed by atoms with van der Waals surface area (Å²) in [6.07, 6.45) is 0.903. The quantitative estimate of drug-likeness (QED) is 0.607. The van der Waals surface area contributed by atoms with Crippen LogP contribution in [0.15, 0.2) is 56.1 Å². The van der Waals surface area contributed by atoms with Gasteiger partial charge >= 0.3 is 0 Å². The third-order valence-electron chi connectivity index (χ3n) is 4.94. The molecule has 4 rings (SSSR count). The van der Waals surface area contributed by atoms with Crippen molar-refractivity contribution < 1.29 is 19.1 Å². The Morgan fingerprint density at radius 2 is 1.93 bits per heavy atom. The van der Waals surface area contributed by atoms with Crippen LogP contribution < -0.4 is 10.2 Å². The molecule has 0 aliphatic carbocycles. The van der Waals surface area contributed by atoms with Crippen LogP contribution in [0.5, 0.6) is 5.75 Å². The smallest absolute Gasteiger partial charge is 0.290 e. The van der Waals surface area contributed by atoms with Gasteiger partial charge in [-0.1, -0.05) is 35.0 Å². The SMILES string of the molecule is CCCOc1ccc(C2c3c(oc4ccc(Br)cc4c3=O)C(=O)N2CCO)cc1. The number of hydrogen-bond donors (Lipinski definition) is 1. The monoisotopic (exact) mass is 457 g/mol.